The number of hydrogen-bond donors (Lipinski definition) is 2. The van der Waals surface area contributed by atoms with Crippen molar-refractivity contribution in [3.63, 3.8) is 0 Å². The van der Waals surface area contributed by atoms with Crippen molar-refractivity contribution < 1.29 is 4.79 Å². The second-order valence-electron chi connectivity index (χ2n) is 2.69. The van der Waals surface area contributed by atoms with Crippen LogP contribution in [0.25, 0.3) is 0 Å². The summed E-state index contributed by atoms with van der Waals surface area (Å²) >= 11 is 1.95. The Morgan fingerprint density at radius 2 is 2.20 bits per heavy atom. The fraction of sp³-hybridized carbons (Fsp3) is 0.833. The van der Waals surface area contributed by atoms with E-state index >= 15 is 0 Å². The Morgan fingerprint density at radius 1 is 1.70 bits per heavy atom. The number of amides is 1. The molecule has 0 aromatic carbocycles. The van der Waals surface area contributed by atoms with Gasteiger partial charge in [-0.25, -0.2) is 3.53 Å². The van der Waals surface area contributed by atoms with Crippen LogP contribution < -0.4 is 9.26 Å². The molecule has 0 radical (unpaired) electrons. The summed E-state index contributed by atoms with van der Waals surface area (Å²) in [5, 5.41) is 0. The molecule has 4 heteroatoms. The largest absolute Gasteiger partial charge is 0.368 e. The van der Waals surface area contributed by atoms with Crippen LogP contribution in [0, 0.1) is 5.92 Å². The van der Waals surface area contributed by atoms with Gasteiger partial charge in [-0.2, -0.15) is 0 Å². The summed E-state index contributed by atoms with van der Waals surface area (Å²) in [7, 11) is 0. The van der Waals surface area contributed by atoms with E-state index in [9.17, 15) is 4.79 Å². The summed E-state index contributed by atoms with van der Waals surface area (Å²) in [6.45, 7) is 4.12. The lowest BCUT2D eigenvalue weighted by molar-refractivity contribution is -0.119. The van der Waals surface area contributed by atoms with Crippen molar-refractivity contribution in [2.75, 3.05) is 0 Å². The lowest BCUT2D eigenvalue weighted by atomic mass is 10.0. The van der Waals surface area contributed by atoms with Gasteiger partial charge < -0.3 is 5.73 Å². The number of nitrogens with two attached hydrogens (primary N) is 1. The fourth-order valence-electron chi connectivity index (χ4n) is 0.686. The van der Waals surface area contributed by atoms with Crippen molar-refractivity contribution in [3.05, 3.63) is 0 Å². The molecule has 3 nitrogen and oxygen atoms in total. The van der Waals surface area contributed by atoms with Crippen LogP contribution in [0.3, 0.4) is 0 Å². The highest BCUT2D eigenvalue weighted by molar-refractivity contribution is 14.1. The average Bonchev–Trinajstić information content (AvgIpc) is 1.81. The first-order valence-electron chi connectivity index (χ1n) is 3.23. The van der Waals surface area contributed by atoms with Gasteiger partial charge in [-0.3, -0.25) is 4.79 Å². The normalized spacial score (nSPS) is 13.6. The van der Waals surface area contributed by atoms with Gasteiger partial charge in [-0.05, 0) is 12.3 Å². The number of carbonyl (C=O) groups excluding carboxylic acids is 1. The van der Waals surface area contributed by atoms with Crippen LogP contribution in [0.5, 0.6) is 0 Å². The molecule has 0 saturated heterocycles. The molecule has 0 aliphatic heterocycles. The number of nitrogens with one attached hydrogen (secondary N) is 1. The van der Waals surface area contributed by atoms with Gasteiger partial charge in [0.25, 0.3) is 0 Å². The maximum atomic E-state index is 10.6. The maximum absolute atomic E-state index is 10.6. The van der Waals surface area contributed by atoms with Gasteiger partial charge >= 0.3 is 0 Å². The predicted octanol–water partition coefficient (Wildman–Crippen LogP) is 0.826. The quantitative estimate of drug-likeness (QED) is 0.578. The van der Waals surface area contributed by atoms with Crippen molar-refractivity contribution >= 4 is 28.8 Å². The van der Waals surface area contributed by atoms with Gasteiger partial charge in [0.1, 0.15) is 0 Å². The predicted molar refractivity (Wildman–Crippen MR) is 49.6 cm³/mol. The molecular weight excluding hydrogens is 243 g/mol. The van der Waals surface area contributed by atoms with Crippen LogP contribution in [-0.4, -0.2) is 11.9 Å². The molecule has 0 aromatic heterocycles. The van der Waals surface area contributed by atoms with Crippen LogP contribution in [0.1, 0.15) is 20.3 Å². The minimum Gasteiger partial charge on any atom is -0.368 e. The van der Waals surface area contributed by atoms with Crippen molar-refractivity contribution in [1.29, 1.82) is 0 Å². The standard InChI is InChI=1S/C6H13IN2O/c1-4(2)3-5(9-7)6(8)10/h4-5,9H,3H2,1-2H3,(H2,8,10)/t5-/m0/s1. The lowest BCUT2D eigenvalue weighted by Crippen LogP contribution is -2.37. The highest BCUT2D eigenvalue weighted by atomic mass is 127. The van der Waals surface area contributed by atoms with E-state index in [0.29, 0.717) is 5.92 Å². The molecule has 1 amide bonds. The molecule has 0 rings (SSSR count). The minimum absolute atomic E-state index is 0.180. The number of carbonyl (C=O) groups is 1. The third-order valence-electron chi connectivity index (χ3n) is 1.18. The van der Waals surface area contributed by atoms with E-state index in [1.54, 1.807) is 0 Å². The van der Waals surface area contributed by atoms with Crippen molar-refractivity contribution in [2.24, 2.45) is 11.7 Å². The number of primary amides is 1. The summed E-state index contributed by atoms with van der Waals surface area (Å²) in [4.78, 5) is 10.6. The van der Waals surface area contributed by atoms with Crippen molar-refractivity contribution in [2.45, 2.75) is 26.3 Å². The van der Waals surface area contributed by atoms with Gasteiger partial charge in [0.2, 0.25) is 5.91 Å². The van der Waals surface area contributed by atoms with E-state index in [-0.39, 0.29) is 11.9 Å². The molecule has 0 aliphatic rings. The molecule has 0 heterocycles. The number of hydrogen-bond acceptors (Lipinski definition) is 2. The first kappa shape index (κ1) is 10.2. The van der Waals surface area contributed by atoms with Gasteiger partial charge in [0.15, 0.2) is 0 Å². The summed E-state index contributed by atoms with van der Waals surface area (Å²) in [5.41, 5.74) is 5.09. The Labute approximate surface area is 75.2 Å². The highest BCUT2D eigenvalue weighted by Gasteiger charge is 2.13. The zero-order chi connectivity index (χ0) is 8.15. The zero-order valence-electron chi connectivity index (χ0n) is 6.23. The van der Waals surface area contributed by atoms with E-state index in [2.05, 4.69) is 17.4 Å². The summed E-state index contributed by atoms with van der Waals surface area (Å²) < 4.78 is 2.83. The average molecular weight is 256 g/mol. The zero-order valence-corrected chi connectivity index (χ0v) is 8.38. The van der Waals surface area contributed by atoms with Gasteiger partial charge in [-0.1, -0.05) is 13.8 Å². The molecule has 0 spiro atoms. The van der Waals surface area contributed by atoms with E-state index in [0.717, 1.165) is 6.42 Å². The van der Waals surface area contributed by atoms with Crippen LogP contribution in [0.4, 0.5) is 0 Å². The first-order chi connectivity index (χ1) is 4.57. The molecule has 0 aliphatic carbocycles. The highest BCUT2D eigenvalue weighted by Crippen LogP contribution is 2.04. The Balaban J connectivity index is 3.72. The van der Waals surface area contributed by atoms with E-state index in [1.807, 2.05) is 22.9 Å². The summed E-state index contributed by atoms with van der Waals surface area (Å²) in [6, 6.07) is -0.180. The van der Waals surface area contributed by atoms with Gasteiger partial charge in [-0.15, -0.1) is 0 Å². The number of halogens is 1. The molecule has 60 valence electrons. The maximum Gasteiger partial charge on any atom is 0.235 e. The monoisotopic (exact) mass is 256 g/mol. The first-order valence-corrected chi connectivity index (χ1v) is 4.31. The third-order valence-corrected chi connectivity index (χ3v) is 1.93. The smallest absolute Gasteiger partial charge is 0.235 e. The lowest BCUT2D eigenvalue weighted by Gasteiger charge is -2.12. The van der Waals surface area contributed by atoms with Crippen LogP contribution >= 0.6 is 22.9 Å². The molecule has 0 saturated carbocycles. The van der Waals surface area contributed by atoms with Crippen LogP contribution in [0.15, 0.2) is 0 Å². The Kier molecular flexibility index (Phi) is 4.98. The van der Waals surface area contributed by atoms with E-state index in [4.69, 9.17) is 5.73 Å². The molecule has 0 aromatic rings. The molecule has 10 heavy (non-hydrogen) atoms. The molecule has 0 unspecified atom stereocenters. The Bertz CT molecular complexity index is 116. The van der Waals surface area contributed by atoms with Crippen molar-refractivity contribution in [1.82, 2.24) is 3.53 Å². The second-order valence-corrected chi connectivity index (χ2v) is 3.32. The van der Waals surface area contributed by atoms with E-state index in [1.165, 1.54) is 0 Å². The molecule has 3 N–H and O–H groups in total. The van der Waals surface area contributed by atoms with Crippen LogP contribution in [-0.2, 0) is 4.79 Å². The minimum atomic E-state index is -0.275. The second kappa shape index (κ2) is 4.90. The topological polar surface area (TPSA) is 55.1 Å². The van der Waals surface area contributed by atoms with Gasteiger partial charge in [0, 0.05) is 22.9 Å². The fourth-order valence-corrected chi connectivity index (χ4v) is 1.25. The number of rotatable bonds is 4. The van der Waals surface area contributed by atoms with E-state index < -0.39 is 0 Å². The molecule has 0 bridgehead atoms. The van der Waals surface area contributed by atoms with Gasteiger partial charge in [0.05, 0.1) is 6.04 Å². The van der Waals surface area contributed by atoms with Crippen molar-refractivity contribution in [3.8, 4) is 0 Å². The summed E-state index contributed by atoms with van der Waals surface area (Å²) in [6.07, 6.45) is 0.804. The Morgan fingerprint density at radius 3 is 2.30 bits per heavy atom. The molecule has 0 fully saturated rings. The SMILES string of the molecule is CC(C)C[C@H](NI)C(N)=O. The van der Waals surface area contributed by atoms with Crippen LogP contribution in [0.2, 0.25) is 0 Å². The molecule has 1 atom stereocenters. The third kappa shape index (κ3) is 4.05. The summed E-state index contributed by atoms with van der Waals surface area (Å²) in [5.74, 6) is 0.225. The molecular formula is C6H13IN2O. The Hall–Kier alpha value is 0.160.